The molecule has 0 atom stereocenters. The summed E-state index contributed by atoms with van der Waals surface area (Å²) in [5.74, 6) is 0.823. The molecule has 1 rings (SSSR count). The van der Waals surface area contributed by atoms with Gasteiger partial charge in [0.15, 0.2) is 2.69 Å². The van der Waals surface area contributed by atoms with Gasteiger partial charge in [0.1, 0.15) is 5.75 Å². The van der Waals surface area contributed by atoms with Gasteiger partial charge in [-0.25, -0.2) is 0 Å². The zero-order valence-electron chi connectivity index (χ0n) is 7.06. The van der Waals surface area contributed by atoms with Crippen molar-refractivity contribution in [3.05, 3.63) is 29.8 Å². The summed E-state index contributed by atoms with van der Waals surface area (Å²) < 4.78 is 4.64. The molecule has 0 fully saturated rings. The van der Waals surface area contributed by atoms with Crippen molar-refractivity contribution < 1.29 is 4.74 Å². The van der Waals surface area contributed by atoms with Crippen LogP contribution in [0, 0.1) is 0 Å². The highest BCUT2D eigenvalue weighted by atomic mass is 79.9. The number of hydrogen-bond donors (Lipinski definition) is 0. The fraction of sp³-hybridized carbons (Fsp3) is 0.333. The smallest absolute Gasteiger partial charge is 0.178 e. The number of alkyl halides is 3. The van der Waals surface area contributed by atoms with Crippen LogP contribution in [-0.2, 0) is 2.69 Å². The van der Waals surface area contributed by atoms with Crippen LogP contribution >= 0.6 is 43.5 Å². The largest absolute Gasteiger partial charge is 0.494 e. The minimum atomic E-state index is -0.701. The third-order valence-electron chi connectivity index (χ3n) is 1.47. The number of halogens is 3. The Bertz CT molecular complexity index is 283. The van der Waals surface area contributed by atoms with E-state index in [-0.39, 0.29) is 0 Å². The van der Waals surface area contributed by atoms with Gasteiger partial charge in [0.25, 0.3) is 0 Å². The van der Waals surface area contributed by atoms with E-state index in [1.165, 1.54) is 0 Å². The van der Waals surface area contributed by atoms with Crippen molar-refractivity contribution in [2.75, 3.05) is 6.61 Å². The summed E-state index contributed by atoms with van der Waals surface area (Å²) >= 11 is 12.6. The van der Waals surface area contributed by atoms with Crippen molar-refractivity contribution in [3.63, 3.8) is 0 Å². The highest BCUT2D eigenvalue weighted by Crippen LogP contribution is 2.43. The van der Waals surface area contributed by atoms with E-state index in [0.29, 0.717) is 6.61 Å². The van der Waals surface area contributed by atoms with E-state index in [1.54, 1.807) is 0 Å². The molecular weight excluding hydrogens is 319 g/mol. The average molecular weight is 328 g/mol. The Morgan fingerprint density at radius 3 is 2.69 bits per heavy atom. The molecule has 72 valence electrons. The van der Waals surface area contributed by atoms with Gasteiger partial charge >= 0.3 is 0 Å². The second-order valence-corrected chi connectivity index (χ2v) is 7.38. The van der Waals surface area contributed by atoms with Gasteiger partial charge < -0.3 is 4.74 Å². The van der Waals surface area contributed by atoms with Crippen LogP contribution in [0.1, 0.15) is 12.5 Å². The van der Waals surface area contributed by atoms with E-state index in [1.807, 2.05) is 31.2 Å². The van der Waals surface area contributed by atoms with Gasteiger partial charge in [0.2, 0.25) is 0 Å². The first-order chi connectivity index (χ1) is 6.04. The van der Waals surface area contributed by atoms with E-state index in [4.69, 9.17) is 16.3 Å². The maximum absolute atomic E-state index is 6.01. The van der Waals surface area contributed by atoms with Crippen LogP contribution in [0.4, 0.5) is 0 Å². The first-order valence-electron chi connectivity index (χ1n) is 3.84. The van der Waals surface area contributed by atoms with E-state index >= 15 is 0 Å². The topological polar surface area (TPSA) is 9.23 Å². The van der Waals surface area contributed by atoms with Gasteiger partial charge in [0.05, 0.1) is 6.61 Å². The predicted octanol–water partition coefficient (Wildman–Crippen LogP) is 4.22. The van der Waals surface area contributed by atoms with Crippen molar-refractivity contribution in [2.24, 2.45) is 0 Å². The Balaban J connectivity index is 2.92. The summed E-state index contributed by atoms with van der Waals surface area (Å²) in [6, 6.07) is 7.61. The molecule has 1 aromatic rings. The zero-order valence-corrected chi connectivity index (χ0v) is 11.0. The maximum Gasteiger partial charge on any atom is 0.178 e. The van der Waals surface area contributed by atoms with Crippen LogP contribution < -0.4 is 4.74 Å². The van der Waals surface area contributed by atoms with Crippen LogP contribution in [0.15, 0.2) is 24.3 Å². The molecule has 0 amide bonds. The molecule has 0 saturated carbocycles. The Hall–Kier alpha value is 0.270. The monoisotopic (exact) mass is 326 g/mol. The SMILES string of the molecule is CCOc1cccc(C(Cl)(Br)Br)c1. The molecule has 0 aliphatic heterocycles. The molecule has 0 aromatic heterocycles. The van der Waals surface area contributed by atoms with Crippen LogP contribution in [-0.4, -0.2) is 6.61 Å². The molecule has 1 nitrogen and oxygen atoms in total. The molecule has 0 spiro atoms. The third-order valence-corrected chi connectivity index (χ3v) is 2.61. The van der Waals surface area contributed by atoms with Crippen LogP contribution in [0.3, 0.4) is 0 Å². The predicted molar refractivity (Wildman–Crippen MR) is 63.0 cm³/mol. The lowest BCUT2D eigenvalue weighted by Crippen LogP contribution is -1.99. The molecular formula is C9H9Br2ClO. The average Bonchev–Trinajstić information content (AvgIpc) is 2.04. The minimum Gasteiger partial charge on any atom is -0.494 e. The van der Waals surface area contributed by atoms with Crippen molar-refractivity contribution in [3.8, 4) is 5.75 Å². The van der Waals surface area contributed by atoms with Gasteiger partial charge in [-0.2, -0.15) is 0 Å². The summed E-state index contributed by atoms with van der Waals surface area (Å²) in [5.41, 5.74) is 0.917. The van der Waals surface area contributed by atoms with Crippen molar-refractivity contribution in [1.82, 2.24) is 0 Å². The first-order valence-corrected chi connectivity index (χ1v) is 5.80. The third kappa shape index (κ3) is 3.49. The summed E-state index contributed by atoms with van der Waals surface area (Å²) in [5, 5.41) is 0. The first kappa shape index (κ1) is 11.3. The quantitative estimate of drug-likeness (QED) is 0.755. The molecule has 0 unspecified atom stereocenters. The fourth-order valence-corrected chi connectivity index (χ4v) is 1.54. The lowest BCUT2D eigenvalue weighted by atomic mass is 10.2. The zero-order chi connectivity index (χ0) is 9.90. The molecule has 0 aliphatic carbocycles. The van der Waals surface area contributed by atoms with Crippen LogP contribution in [0.2, 0.25) is 0 Å². The number of ether oxygens (including phenoxy) is 1. The Kier molecular flexibility index (Phi) is 4.07. The summed E-state index contributed by atoms with van der Waals surface area (Å²) in [6.07, 6.45) is 0. The number of benzene rings is 1. The number of hydrogen-bond acceptors (Lipinski definition) is 1. The Morgan fingerprint density at radius 2 is 2.15 bits per heavy atom. The second kappa shape index (κ2) is 4.67. The lowest BCUT2D eigenvalue weighted by Gasteiger charge is -2.13. The van der Waals surface area contributed by atoms with E-state index in [2.05, 4.69) is 31.9 Å². The molecule has 13 heavy (non-hydrogen) atoms. The molecule has 0 bridgehead atoms. The van der Waals surface area contributed by atoms with Crippen molar-refractivity contribution >= 4 is 43.5 Å². The molecule has 1 aromatic carbocycles. The highest BCUT2D eigenvalue weighted by Gasteiger charge is 2.21. The standard InChI is InChI=1S/C9H9Br2ClO/c1-2-13-8-5-3-4-7(6-8)9(10,11)12/h3-6H,2H2,1H3. The molecule has 0 radical (unpaired) electrons. The van der Waals surface area contributed by atoms with Gasteiger partial charge in [-0.15, -0.1) is 0 Å². The summed E-state index contributed by atoms with van der Waals surface area (Å²) in [4.78, 5) is 0. The highest BCUT2D eigenvalue weighted by molar-refractivity contribution is 9.25. The van der Waals surface area contributed by atoms with Crippen molar-refractivity contribution in [1.29, 1.82) is 0 Å². The number of rotatable bonds is 3. The summed E-state index contributed by atoms with van der Waals surface area (Å²) in [6.45, 7) is 2.60. The van der Waals surface area contributed by atoms with Gasteiger partial charge in [-0.1, -0.05) is 23.7 Å². The molecule has 4 heteroatoms. The molecule has 0 saturated heterocycles. The van der Waals surface area contributed by atoms with Crippen molar-refractivity contribution in [2.45, 2.75) is 9.62 Å². The normalized spacial score (nSPS) is 11.4. The summed E-state index contributed by atoms with van der Waals surface area (Å²) in [7, 11) is 0. The van der Waals surface area contributed by atoms with E-state index < -0.39 is 2.69 Å². The van der Waals surface area contributed by atoms with Gasteiger partial charge in [0, 0.05) is 0 Å². The Labute approximate surface area is 99.7 Å². The maximum atomic E-state index is 6.01. The van der Waals surface area contributed by atoms with Crippen LogP contribution in [0.5, 0.6) is 5.75 Å². The van der Waals surface area contributed by atoms with E-state index in [9.17, 15) is 0 Å². The molecule has 0 heterocycles. The Morgan fingerprint density at radius 1 is 1.46 bits per heavy atom. The van der Waals surface area contributed by atoms with Gasteiger partial charge in [-0.3, -0.25) is 0 Å². The molecule has 0 aliphatic rings. The fourth-order valence-electron chi connectivity index (χ4n) is 0.929. The minimum absolute atomic E-state index is 0.656. The van der Waals surface area contributed by atoms with E-state index in [0.717, 1.165) is 11.3 Å². The molecule has 0 N–H and O–H groups in total. The lowest BCUT2D eigenvalue weighted by molar-refractivity contribution is 0.340. The van der Waals surface area contributed by atoms with Gasteiger partial charge in [-0.05, 0) is 56.5 Å². The second-order valence-electron chi connectivity index (χ2n) is 2.46. The van der Waals surface area contributed by atoms with Crippen LogP contribution in [0.25, 0.3) is 0 Å².